The van der Waals surface area contributed by atoms with Gasteiger partial charge in [0.05, 0.1) is 6.42 Å². The summed E-state index contributed by atoms with van der Waals surface area (Å²) >= 11 is 0. The molecule has 0 saturated carbocycles. The van der Waals surface area contributed by atoms with Crippen molar-refractivity contribution in [2.45, 2.75) is 12.8 Å². The molecule has 0 unspecified atom stereocenters. The summed E-state index contributed by atoms with van der Waals surface area (Å²) < 4.78 is 11.0. The Balaban J connectivity index is 1.25. The molecule has 0 radical (unpaired) electrons. The number of ether oxygens (including phenoxy) is 1. The quantitative estimate of drug-likeness (QED) is 0.476. The van der Waals surface area contributed by atoms with Crippen LogP contribution < -0.4 is 4.74 Å². The molecule has 142 valence electrons. The van der Waals surface area contributed by atoms with Crippen LogP contribution in [0.15, 0.2) is 71.8 Å². The number of fused-ring (bicyclic) bond motifs is 1. The minimum absolute atomic E-state index is 0.315. The molecular formula is C21H16N6O2. The van der Waals surface area contributed by atoms with E-state index in [0.717, 1.165) is 22.2 Å². The standard InChI is InChI=1S/C21H16N6O2/c1-3-17-15(13-25-20(17)22-8-1)12-19-26-18(27-29-19)11-14-4-6-16(7-5-14)28-21-23-9-2-10-24-21/h1-10,13H,11-12H2,(H,22,25). The fourth-order valence-corrected chi connectivity index (χ4v) is 3.06. The Morgan fingerprint density at radius 3 is 2.59 bits per heavy atom. The molecule has 4 aromatic heterocycles. The van der Waals surface area contributed by atoms with Gasteiger partial charge in [-0.3, -0.25) is 0 Å². The predicted octanol–water partition coefficient (Wildman–Crippen LogP) is 3.71. The fourth-order valence-electron chi connectivity index (χ4n) is 3.06. The molecule has 5 rings (SSSR count). The van der Waals surface area contributed by atoms with Gasteiger partial charge in [0.15, 0.2) is 5.82 Å². The summed E-state index contributed by atoms with van der Waals surface area (Å²) in [6.45, 7) is 0. The molecule has 0 atom stereocenters. The minimum atomic E-state index is 0.315. The van der Waals surface area contributed by atoms with Crippen molar-refractivity contribution in [3.8, 4) is 11.8 Å². The van der Waals surface area contributed by atoms with E-state index in [9.17, 15) is 0 Å². The lowest BCUT2D eigenvalue weighted by molar-refractivity contribution is 0.380. The molecule has 8 nitrogen and oxygen atoms in total. The maximum Gasteiger partial charge on any atom is 0.321 e. The third-order valence-electron chi connectivity index (χ3n) is 4.43. The van der Waals surface area contributed by atoms with E-state index >= 15 is 0 Å². The SMILES string of the molecule is c1cnc(Oc2ccc(Cc3noc(Cc4c[nH]c5ncccc45)n3)cc2)nc1. The number of pyridine rings is 1. The van der Waals surface area contributed by atoms with Crippen LogP contribution in [0.25, 0.3) is 11.0 Å². The molecule has 0 amide bonds. The van der Waals surface area contributed by atoms with E-state index in [1.807, 2.05) is 42.6 Å². The number of hydrogen-bond donors (Lipinski definition) is 1. The van der Waals surface area contributed by atoms with Crippen molar-refractivity contribution >= 4 is 11.0 Å². The molecule has 0 aliphatic carbocycles. The van der Waals surface area contributed by atoms with Crippen LogP contribution in [0.4, 0.5) is 0 Å². The molecule has 0 fully saturated rings. The normalized spacial score (nSPS) is 11.0. The molecule has 4 heterocycles. The van der Waals surface area contributed by atoms with E-state index in [4.69, 9.17) is 9.26 Å². The monoisotopic (exact) mass is 384 g/mol. The Morgan fingerprint density at radius 2 is 1.72 bits per heavy atom. The molecule has 0 aliphatic heterocycles. The van der Waals surface area contributed by atoms with E-state index in [1.165, 1.54) is 0 Å². The number of rotatable bonds is 6. The summed E-state index contributed by atoms with van der Waals surface area (Å²) in [6, 6.07) is 13.6. The van der Waals surface area contributed by atoms with Crippen LogP contribution >= 0.6 is 0 Å². The van der Waals surface area contributed by atoms with Crippen molar-refractivity contribution in [1.82, 2.24) is 30.1 Å². The zero-order chi connectivity index (χ0) is 19.5. The third kappa shape index (κ3) is 3.81. The molecule has 5 aromatic rings. The Morgan fingerprint density at radius 1 is 0.897 bits per heavy atom. The number of hydrogen-bond acceptors (Lipinski definition) is 7. The highest BCUT2D eigenvalue weighted by molar-refractivity contribution is 5.79. The van der Waals surface area contributed by atoms with Gasteiger partial charge in [-0.1, -0.05) is 17.3 Å². The molecule has 1 N–H and O–H groups in total. The Labute approximate surface area is 165 Å². The molecule has 29 heavy (non-hydrogen) atoms. The van der Waals surface area contributed by atoms with Gasteiger partial charge in [0.25, 0.3) is 0 Å². The van der Waals surface area contributed by atoms with Crippen LogP contribution in [0.1, 0.15) is 22.8 Å². The van der Waals surface area contributed by atoms with Crippen LogP contribution in [0.3, 0.4) is 0 Å². The van der Waals surface area contributed by atoms with Gasteiger partial charge in [-0.25, -0.2) is 15.0 Å². The van der Waals surface area contributed by atoms with E-state index in [-0.39, 0.29) is 0 Å². The first kappa shape index (κ1) is 17.1. The van der Waals surface area contributed by atoms with Gasteiger partial charge in [-0.2, -0.15) is 4.98 Å². The summed E-state index contributed by atoms with van der Waals surface area (Å²) in [5, 5.41) is 5.16. The number of benzene rings is 1. The van der Waals surface area contributed by atoms with E-state index < -0.39 is 0 Å². The molecule has 0 spiro atoms. The number of aromatic nitrogens is 6. The lowest BCUT2D eigenvalue weighted by Crippen LogP contribution is -1.93. The molecule has 0 bridgehead atoms. The van der Waals surface area contributed by atoms with Crippen LogP contribution in [-0.2, 0) is 12.8 Å². The summed E-state index contributed by atoms with van der Waals surface area (Å²) in [4.78, 5) is 20.1. The summed E-state index contributed by atoms with van der Waals surface area (Å²) in [5.41, 5.74) is 2.98. The van der Waals surface area contributed by atoms with Gasteiger partial charge < -0.3 is 14.2 Å². The van der Waals surface area contributed by atoms with Crippen molar-refractivity contribution in [2.24, 2.45) is 0 Å². The number of nitrogens with one attached hydrogen (secondary N) is 1. The summed E-state index contributed by atoms with van der Waals surface area (Å²) in [7, 11) is 0. The second kappa shape index (κ2) is 7.51. The van der Waals surface area contributed by atoms with Crippen molar-refractivity contribution in [3.63, 3.8) is 0 Å². The second-order valence-electron chi connectivity index (χ2n) is 6.45. The summed E-state index contributed by atoms with van der Waals surface area (Å²) in [6.07, 6.45) is 8.09. The van der Waals surface area contributed by atoms with Gasteiger partial charge in [-0.05, 0) is 41.5 Å². The van der Waals surface area contributed by atoms with Gasteiger partial charge in [0, 0.05) is 36.6 Å². The first-order valence-corrected chi connectivity index (χ1v) is 9.10. The Kier molecular flexibility index (Phi) is 4.42. The first-order chi connectivity index (χ1) is 14.3. The predicted molar refractivity (Wildman–Crippen MR) is 105 cm³/mol. The highest BCUT2D eigenvalue weighted by atomic mass is 16.5. The van der Waals surface area contributed by atoms with Gasteiger partial charge >= 0.3 is 6.01 Å². The zero-order valence-electron chi connectivity index (χ0n) is 15.3. The van der Waals surface area contributed by atoms with E-state index in [0.29, 0.717) is 36.3 Å². The zero-order valence-corrected chi connectivity index (χ0v) is 15.3. The van der Waals surface area contributed by atoms with Crippen molar-refractivity contribution < 1.29 is 9.26 Å². The average molecular weight is 384 g/mol. The van der Waals surface area contributed by atoms with E-state index in [2.05, 4.69) is 30.1 Å². The second-order valence-corrected chi connectivity index (χ2v) is 6.45. The lowest BCUT2D eigenvalue weighted by atomic mass is 10.1. The average Bonchev–Trinajstić information content (AvgIpc) is 3.38. The van der Waals surface area contributed by atoms with Crippen LogP contribution in [0.2, 0.25) is 0 Å². The van der Waals surface area contributed by atoms with Crippen molar-refractivity contribution in [1.29, 1.82) is 0 Å². The molecular weight excluding hydrogens is 368 g/mol. The third-order valence-corrected chi connectivity index (χ3v) is 4.43. The first-order valence-electron chi connectivity index (χ1n) is 9.10. The highest BCUT2D eigenvalue weighted by Crippen LogP contribution is 2.20. The van der Waals surface area contributed by atoms with Gasteiger partial charge in [0.1, 0.15) is 11.4 Å². The largest absolute Gasteiger partial charge is 0.424 e. The fraction of sp³-hybridized carbons (Fsp3) is 0.0952. The maximum absolute atomic E-state index is 5.60. The van der Waals surface area contributed by atoms with Gasteiger partial charge in [-0.15, -0.1) is 0 Å². The topological polar surface area (TPSA) is 103 Å². The van der Waals surface area contributed by atoms with Crippen molar-refractivity contribution in [3.05, 3.63) is 90.1 Å². The maximum atomic E-state index is 5.60. The molecule has 1 aromatic carbocycles. The molecule has 0 saturated heterocycles. The number of aromatic amines is 1. The number of H-pyrrole nitrogens is 1. The smallest absolute Gasteiger partial charge is 0.321 e. The molecule has 8 heteroatoms. The van der Waals surface area contributed by atoms with Gasteiger partial charge in [0.2, 0.25) is 5.89 Å². The van der Waals surface area contributed by atoms with Crippen LogP contribution in [0, 0.1) is 0 Å². The van der Waals surface area contributed by atoms with Crippen LogP contribution in [-0.4, -0.2) is 30.1 Å². The highest BCUT2D eigenvalue weighted by Gasteiger charge is 2.11. The Bertz CT molecular complexity index is 1230. The minimum Gasteiger partial charge on any atom is -0.424 e. The number of nitrogens with zero attached hydrogens (tertiary/aromatic N) is 5. The van der Waals surface area contributed by atoms with Crippen LogP contribution in [0.5, 0.6) is 11.8 Å². The Hall–Kier alpha value is -4.07. The van der Waals surface area contributed by atoms with E-state index in [1.54, 1.807) is 24.7 Å². The van der Waals surface area contributed by atoms with Crippen molar-refractivity contribution in [2.75, 3.05) is 0 Å². The molecule has 0 aliphatic rings. The lowest BCUT2D eigenvalue weighted by Gasteiger charge is -2.03. The summed E-state index contributed by atoms with van der Waals surface area (Å²) in [5.74, 6) is 1.88.